The van der Waals surface area contributed by atoms with E-state index in [2.05, 4.69) is 15.5 Å². The third kappa shape index (κ3) is 6.07. The van der Waals surface area contributed by atoms with E-state index in [1.165, 1.54) is 10.6 Å². The van der Waals surface area contributed by atoms with Crippen LogP contribution < -0.4 is 5.32 Å². The average molecular weight is 372 g/mol. The Morgan fingerprint density at radius 1 is 1.40 bits per heavy atom. The first-order valence-electron chi connectivity index (χ1n) is 8.63. The Kier molecular flexibility index (Phi) is 6.21. The first kappa shape index (κ1) is 19.8. The van der Waals surface area contributed by atoms with Crippen molar-refractivity contribution in [1.82, 2.24) is 19.8 Å². The molecule has 0 saturated carbocycles. The molecule has 25 heavy (non-hydrogen) atoms. The fraction of sp³-hybridized carbons (Fsp3) is 0.812. The molecule has 1 aliphatic rings. The molecule has 9 heteroatoms. The van der Waals surface area contributed by atoms with E-state index in [0.717, 1.165) is 12.8 Å². The first-order valence-corrected chi connectivity index (χ1v) is 10.5. The van der Waals surface area contributed by atoms with Crippen LogP contribution in [0.25, 0.3) is 0 Å². The van der Waals surface area contributed by atoms with Crippen LogP contribution in [-0.4, -0.2) is 54.2 Å². The molecule has 1 aromatic rings. The topological polar surface area (TPSA) is 105 Å². The van der Waals surface area contributed by atoms with Crippen molar-refractivity contribution in [2.75, 3.05) is 19.3 Å². The van der Waals surface area contributed by atoms with Crippen LogP contribution in [0.5, 0.6) is 0 Å². The Hall–Kier alpha value is -1.48. The fourth-order valence-electron chi connectivity index (χ4n) is 2.72. The molecule has 1 fully saturated rings. The molecule has 1 aliphatic heterocycles. The third-order valence-corrected chi connectivity index (χ3v) is 5.42. The molecule has 0 aliphatic carbocycles. The van der Waals surface area contributed by atoms with Crippen molar-refractivity contribution in [3.63, 3.8) is 0 Å². The summed E-state index contributed by atoms with van der Waals surface area (Å²) in [5.74, 6) is 1.13. The molecule has 1 N–H and O–H groups in total. The van der Waals surface area contributed by atoms with Gasteiger partial charge in [0.1, 0.15) is 0 Å². The van der Waals surface area contributed by atoms with Gasteiger partial charge in [-0.2, -0.15) is 4.98 Å². The lowest BCUT2D eigenvalue weighted by Crippen LogP contribution is -2.49. The number of nitrogens with zero attached hydrogens (tertiary/aromatic N) is 3. The number of amides is 1. The van der Waals surface area contributed by atoms with Crippen LogP contribution in [0.15, 0.2) is 4.52 Å². The highest BCUT2D eigenvalue weighted by atomic mass is 32.2. The van der Waals surface area contributed by atoms with Crippen LogP contribution >= 0.6 is 0 Å². The van der Waals surface area contributed by atoms with E-state index in [1.54, 1.807) is 0 Å². The van der Waals surface area contributed by atoms with Gasteiger partial charge in [0.25, 0.3) is 0 Å². The summed E-state index contributed by atoms with van der Waals surface area (Å²) < 4.78 is 29.9. The molecule has 1 amide bonds. The molecule has 8 nitrogen and oxygen atoms in total. The van der Waals surface area contributed by atoms with E-state index < -0.39 is 10.0 Å². The number of hydrogen-bond donors (Lipinski definition) is 1. The second kappa shape index (κ2) is 7.82. The lowest BCUT2D eigenvalue weighted by atomic mass is 9.96. The molecule has 0 bridgehead atoms. The van der Waals surface area contributed by atoms with Gasteiger partial charge in [0.15, 0.2) is 5.82 Å². The maximum atomic E-state index is 12.1. The van der Waals surface area contributed by atoms with Crippen molar-refractivity contribution in [3.8, 4) is 0 Å². The first-order chi connectivity index (χ1) is 11.6. The van der Waals surface area contributed by atoms with Gasteiger partial charge in [0.2, 0.25) is 21.8 Å². The molecule has 142 valence electrons. The molecule has 2 heterocycles. The van der Waals surface area contributed by atoms with E-state index in [4.69, 9.17) is 4.52 Å². The van der Waals surface area contributed by atoms with Gasteiger partial charge in [-0.05, 0) is 19.3 Å². The van der Waals surface area contributed by atoms with Crippen LogP contribution in [-0.2, 0) is 26.7 Å². The van der Waals surface area contributed by atoms with E-state index in [1.807, 2.05) is 20.8 Å². The molecular formula is C16H28N4O4S. The standard InChI is InChI=1S/C16H28N4O4S/c1-16(2,3)15-18-14(24-19-15)9-5-8-13(21)17-12-7-6-10-20(11-12)25(4,22)23/h12H,5-11H2,1-4H3,(H,17,21). The van der Waals surface area contributed by atoms with Crippen molar-refractivity contribution in [1.29, 1.82) is 0 Å². The molecule has 1 unspecified atom stereocenters. The molecule has 0 radical (unpaired) electrons. The van der Waals surface area contributed by atoms with Crippen LogP contribution in [0.4, 0.5) is 0 Å². The summed E-state index contributed by atoms with van der Waals surface area (Å²) in [5, 5.41) is 6.89. The molecule has 0 aromatic carbocycles. The van der Waals surface area contributed by atoms with Gasteiger partial charge in [-0.15, -0.1) is 0 Å². The summed E-state index contributed by atoms with van der Waals surface area (Å²) in [6.45, 7) is 6.92. The second-order valence-corrected chi connectivity index (χ2v) is 9.63. The third-order valence-electron chi connectivity index (χ3n) is 4.15. The minimum atomic E-state index is -3.20. The largest absolute Gasteiger partial charge is 0.352 e. The minimum absolute atomic E-state index is 0.0732. The van der Waals surface area contributed by atoms with Crippen molar-refractivity contribution in [3.05, 3.63) is 11.7 Å². The summed E-state index contributed by atoms with van der Waals surface area (Å²) in [5.41, 5.74) is -0.161. The average Bonchev–Trinajstić information content (AvgIpc) is 2.95. The number of aromatic nitrogens is 2. The second-order valence-electron chi connectivity index (χ2n) is 7.64. The van der Waals surface area contributed by atoms with Gasteiger partial charge in [-0.25, -0.2) is 12.7 Å². The van der Waals surface area contributed by atoms with Crippen LogP contribution in [0.2, 0.25) is 0 Å². The summed E-state index contributed by atoms with van der Waals surface area (Å²) >= 11 is 0. The van der Waals surface area contributed by atoms with Gasteiger partial charge >= 0.3 is 0 Å². The number of sulfonamides is 1. The summed E-state index contributed by atoms with van der Waals surface area (Å²) in [6, 6.07) is -0.119. The van der Waals surface area contributed by atoms with E-state index in [-0.39, 0.29) is 17.4 Å². The predicted molar refractivity (Wildman–Crippen MR) is 93.5 cm³/mol. The Bertz CT molecular complexity index is 693. The monoisotopic (exact) mass is 372 g/mol. The van der Waals surface area contributed by atoms with E-state index in [9.17, 15) is 13.2 Å². The Labute approximate surface area is 149 Å². The fourth-order valence-corrected chi connectivity index (χ4v) is 3.63. The zero-order valence-electron chi connectivity index (χ0n) is 15.4. The van der Waals surface area contributed by atoms with Crippen LogP contribution in [0.3, 0.4) is 0 Å². The predicted octanol–water partition coefficient (Wildman–Crippen LogP) is 1.23. The lowest BCUT2D eigenvalue weighted by molar-refractivity contribution is -0.122. The number of hydrogen-bond acceptors (Lipinski definition) is 6. The number of rotatable bonds is 6. The summed E-state index contributed by atoms with van der Waals surface area (Å²) in [4.78, 5) is 16.4. The van der Waals surface area contributed by atoms with Gasteiger partial charge in [0, 0.05) is 37.4 Å². The Morgan fingerprint density at radius 2 is 2.12 bits per heavy atom. The minimum Gasteiger partial charge on any atom is -0.352 e. The highest BCUT2D eigenvalue weighted by molar-refractivity contribution is 7.88. The number of piperidine rings is 1. The van der Waals surface area contributed by atoms with Gasteiger partial charge in [-0.1, -0.05) is 25.9 Å². The smallest absolute Gasteiger partial charge is 0.226 e. The zero-order valence-corrected chi connectivity index (χ0v) is 16.2. The van der Waals surface area contributed by atoms with Crippen molar-refractivity contribution in [2.24, 2.45) is 0 Å². The van der Waals surface area contributed by atoms with Crippen molar-refractivity contribution >= 4 is 15.9 Å². The van der Waals surface area contributed by atoms with Crippen LogP contribution in [0.1, 0.15) is 58.2 Å². The molecule has 0 spiro atoms. The van der Waals surface area contributed by atoms with E-state index in [0.29, 0.717) is 44.1 Å². The Morgan fingerprint density at radius 3 is 2.72 bits per heavy atom. The van der Waals surface area contributed by atoms with Gasteiger partial charge < -0.3 is 9.84 Å². The maximum absolute atomic E-state index is 12.1. The summed E-state index contributed by atoms with van der Waals surface area (Å²) in [6.07, 6.45) is 4.28. The maximum Gasteiger partial charge on any atom is 0.226 e. The molecule has 1 saturated heterocycles. The van der Waals surface area contributed by atoms with Gasteiger partial charge in [0.05, 0.1) is 6.26 Å². The number of aryl methyl sites for hydroxylation is 1. The zero-order chi connectivity index (χ0) is 18.7. The Balaban J connectivity index is 1.75. The van der Waals surface area contributed by atoms with Gasteiger partial charge in [-0.3, -0.25) is 4.79 Å². The SMILES string of the molecule is CC(C)(C)c1noc(CCCC(=O)NC2CCCN(S(C)(=O)=O)C2)n1. The number of carbonyl (C=O) groups is 1. The number of carbonyl (C=O) groups excluding carboxylic acids is 1. The molecule has 2 rings (SSSR count). The highest BCUT2D eigenvalue weighted by Gasteiger charge is 2.26. The summed E-state index contributed by atoms with van der Waals surface area (Å²) in [7, 11) is -3.20. The lowest BCUT2D eigenvalue weighted by Gasteiger charge is -2.31. The van der Waals surface area contributed by atoms with Crippen molar-refractivity contribution < 1.29 is 17.7 Å². The molecular weight excluding hydrogens is 344 g/mol. The van der Waals surface area contributed by atoms with Crippen LogP contribution in [0, 0.1) is 0 Å². The quantitative estimate of drug-likeness (QED) is 0.805. The normalized spacial score (nSPS) is 19.8. The molecule has 1 aromatic heterocycles. The van der Waals surface area contributed by atoms with Crippen molar-refractivity contribution in [2.45, 2.75) is 64.3 Å². The highest BCUT2D eigenvalue weighted by Crippen LogP contribution is 2.19. The molecule has 1 atom stereocenters. The van der Waals surface area contributed by atoms with E-state index >= 15 is 0 Å². The number of nitrogens with one attached hydrogen (secondary N) is 1.